The summed E-state index contributed by atoms with van der Waals surface area (Å²) in [5.41, 5.74) is 4.40. The number of aliphatic hydroxyl groups is 1. The topological polar surface area (TPSA) is 95.3 Å². The van der Waals surface area contributed by atoms with E-state index in [9.17, 15) is 15.0 Å². The van der Waals surface area contributed by atoms with Gasteiger partial charge in [-0.25, -0.2) is 9.97 Å². The zero-order valence-electron chi connectivity index (χ0n) is 16.7. The zero-order valence-corrected chi connectivity index (χ0v) is 16.7. The normalized spacial score (nSPS) is 10.6. The maximum absolute atomic E-state index is 12.6. The number of amides is 1. The number of phenols is 1. The van der Waals surface area contributed by atoms with Crippen molar-refractivity contribution in [2.75, 3.05) is 5.32 Å². The van der Waals surface area contributed by atoms with E-state index in [1.54, 1.807) is 30.5 Å². The minimum absolute atomic E-state index is 0.0307. The molecular weight excluding hydrogens is 390 g/mol. The number of aliphatic hydroxyl groups excluding tert-OH is 1. The van der Waals surface area contributed by atoms with Crippen molar-refractivity contribution in [1.29, 1.82) is 0 Å². The molecule has 3 N–H and O–H groups in total. The summed E-state index contributed by atoms with van der Waals surface area (Å²) in [5.74, 6) is 0.296. The number of carbonyl (C=O) groups excluding carboxylic acids is 1. The Morgan fingerprint density at radius 1 is 0.839 bits per heavy atom. The van der Waals surface area contributed by atoms with Gasteiger partial charge in [-0.3, -0.25) is 4.79 Å². The van der Waals surface area contributed by atoms with Gasteiger partial charge in [-0.05, 0) is 35.4 Å². The third-order valence-corrected chi connectivity index (χ3v) is 4.81. The predicted octanol–water partition coefficient (Wildman–Crippen LogP) is 4.19. The fourth-order valence-electron chi connectivity index (χ4n) is 3.18. The van der Waals surface area contributed by atoms with Crippen molar-refractivity contribution in [3.05, 3.63) is 96.2 Å². The summed E-state index contributed by atoms with van der Waals surface area (Å²) in [6.07, 6.45) is 1.83. The molecule has 0 aliphatic heterocycles. The largest absolute Gasteiger partial charge is 0.508 e. The first-order chi connectivity index (χ1) is 15.1. The molecule has 1 heterocycles. The average molecular weight is 411 g/mol. The number of phenolic OH excluding ortho intramolecular Hbond substituents is 1. The Morgan fingerprint density at radius 3 is 2.19 bits per heavy atom. The van der Waals surface area contributed by atoms with Crippen LogP contribution < -0.4 is 5.32 Å². The van der Waals surface area contributed by atoms with Crippen LogP contribution in [0.3, 0.4) is 0 Å². The van der Waals surface area contributed by atoms with E-state index in [1.165, 1.54) is 0 Å². The molecular formula is C25H21N3O3. The summed E-state index contributed by atoms with van der Waals surface area (Å²) in [7, 11) is 0. The fraction of sp³-hybridized carbons (Fsp3) is 0.0800. The van der Waals surface area contributed by atoms with Gasteiger partial charge in [-0.1, -0.05) is 54.6 Å². The number of nitrogens with one attached hydrogen (secondary N) is 1. The Hall–Kier alpha value is -4.03. The minimum Gasteiger partial charge on any atom is -0.508 e. The van der Waals surface area contributed by atoms with E-state index >= 15 is 0 Å². The lowest BCUT2D eigenvalue weighted by atomic mass is 10.1. The number of anilines is 1. The monoisotopic (exact) mass is 411 g/mol. The van der Waals surface area contributed by atoms with Crippen molar-refractivity contribution in [2.45, 2.75) is 13.0 Å². The Balaban J connectivity index is 1.68. The van der Waals surface area contributed by atoms with Crippen molar-refractivity contribution in [1.82, 2.24) is 9.97 Å². The molecule has 0 unspecified atom stereocenters. The number of carbonyl (C=O) groups is 1. The molecule has 0 aliphatic rings. The van der Waals surface area contributed by atoms with Crippen LogP contribution in [-0.2, 0) is 17.8 Å². The lowest BCUT2D eigenvalue weighted by molar-refractivity contribution is -0.115. The molecule has 0 bridgehead atoms. The maximum Gasteiger partial charge on any atom is 0.230 e. The smallest absolute Gasteiger partial charge is 0.230 e. The Morgan fingerprint density at radius 2 is 1.52 bits per heavy atom. The molecule has 1 amide bonds. The second-order valence-corrected chi connectivity index (χ2v) is 7.06. The van der Waals surface area contributed by atoms with Crippen LogP contribution in [0.4, 0.5) is 5.82 Å². The van der Waals surface area contributed by atoms with E-state index in [0.29, 0.717) is 22.8 Å². The molecule has 4 aromatic rings. The van der Waals surface area contributed by atoms with Crippen LogP contribution in [0.1, 0.15) is 11.1 Å². The van der Waals surface area contributed by atoms with Gasteiger partial charge in [0.15, 0.2) is 5.82 Å². The molecule has 0 atom stereocenters. The van der Waals surface area contributed by atoms with Gasteiger partial charge in [-0.15, -0.1) is 0 Å². The molecule has 0 saturated heterocycles. The molecule has 0 spiro atoms. The second-order valence-electron chi connectivity index (χ2n) is 7.06. The number of aromatic hydroxyl groups is 1. The van der Waals surface area contributed by atoms with Crippen LogP contribution in [0.15, 0.2) is 85.1 Å². The van der Waals surface area contributed by atoms with E-state index in [2.05, 4.69) is 10.3 Å². The highest BCUT2D eigenvalue weighted by atomic mass is 16.3. The van der Waals surface area contributed by atoms with Crippen LogP contribution in [0.2, 0.25) is 0 Å². The summed E-state index contributed by atoms with van der Waals surface area (Å²) in [6, 6.07) is 23.4. The van der Waals surface area contributed by atoms with Crippen molar-refractivity contribution in [3.8, 4) is 28.3 Å². The minimum atomic E-state index is -0.194. The van der Waals surface area contributed by atoms with E-state index in [1.807, 2.05) is 54.6 Å². The van der Waals surface area contributed by atoms with E-state index in [0.717, 1.165) is 16.7 Å². The molecule has 0 saturated carbocycles. The summed E-state index contributed by atoms with van der Waals surface area (Å²) in [5, 5.41) is 21.8. The van der Waals surface area contributed by atoms with Crippen LogP contribution in [0.5, 0.6) is 5.75 Å². The number of rotatable bonds is 6. The average Bonchev–Trinajstić information content (AvgIpc) is 2.81. The number of benzene rings is 3. The molecule has 154 valence electrons. The molecule has 3 aromatic carbocycles. The summed E-state index contributed by atoms with van der Waals surface area (Å²) in [4.78, 5) is 21.8. The number of hydrogen-bond acceptors (Lipinski definition) is 5. The van der Waals surface area contributed by atoms with E-state index in [4.69, 9.17) is 4.98 Å². The summed E-state index contributed by atoms with van der Waals surface area (Å²) >= 11 is 0. The molecule has 4 rings (SSSR count). The van der Waals surface area contributed by atoms with E-state index in [-0.39, 0.29) is 24.7 Å². The summed E-state index contributed by atoms with van der Waals surface area (Å²) in [6.45, 7) is -0.0307. The van der Waals surface area contributed by atoms with Gasteiger partial charge in [0.05, 0.1) is 24.9 Å². The predicted molar refractivity (Wildman–Crippen MR) is 119 cm³/mol. The molecule has 0 fully saturated rings. The van der Waals surface area contributed by atoms with Gasteiger partial charge < -0.3 is 15.5 Å². The lowest BCUT2D eigenvalue weighted by Crippen LogP contribution is -2.16. The first-order valence-corrected chi connectivity index (χ1v) is 9.83. The van der Waals surface area contributed by atoms with Gasteiger partial charge >= 0.3 is 0 Å². The SMILES string of the molecule is O=C(Cc1ccccc1)Nc1ncc(-c2ccc(CO)cc2)nc1-c1ccc(O)cc1. The van der Waals surface area contributed by atoms with Crippen molar-refractivity contribution in [3.63, 3.8) is 0 Å². The van der Waals surface area contributed by atoms with Gasteiger partial charge in [-0.2, -0.15) is 0 Å². The molecule has 0 radical (unpaired) electrons. The van der Waals surface area contributed by atoms with Gasteiger partial charge in [0.25, 0.3) is 0 Å². The van der Waals surface area contributed by atoms with Crippen molar-refractivity contribution in [2.24, 2.45) is 0 Å². The van der Waals surface area contributed by atoms with Crippen LogP contribution >= 0.6 is 0 Å². The van der Waals surface area contributed by atoms with Gasteiger partial charge in [0.1, 0.15) is 11.4 Å². The van der Waals surface area contributed by atoms with Gasteiger partial charge in [0, 0.05) is 11.1 Å². The Kier molecular flexibility index (Phi) is 6.01. The van der Waals surface area contributed by atoms with Crippen molar-refractivity contribution < 1.29 is 15.0 Å². The standard InChI is InChI=1S/C25H21N3O3/c29-16-18-6-8-19(9-7-18)22-15-26-25(24(27-22)20-10-12-21(30)13-11-20)28-23(31)14-17-4-2-1-3-5-17/h1-13,15,29-30H,14,16H2,(H,26,28,31). The van der Waals surface area contributed by atoms with Crippen LogP contribution in [-0.4, -0.2) is 26.1 Å². The number of aromatic nitrogens is 2. The number of hydrogen-bond donors (Lipinski definition) is 3. The Labute approximate surface area is 179 Å². The third-order valence-electron chi connectivity index (χ3n) is 4.81. The molecule has 31 heavy (non-hydrogen) atoms. The molecule has 0 aliphatic carbocycles. The highest BCUT2D eigenvalue weighted by molar-refractivity contribution is 5.94. The van der Waals surface area contributed by atoms with Crippen LogP contribution in [0, 0.1) is 0 Å². The molecule has 1 aromatic heterocycles. The van der Waals surface area contributed by atoms with Crippen LogP contribution in [0.25, 0.3) is 22.5 Å². The highest BCUT2D eigenvalue weighted by Gasteiger charge is 2.14. The number of nitrogens with zero attached hydrogens (tertiary/aromatic N) is 2. The third kappa shape index (κ3) is 4.94. The van der Waals surface area contributed by atoms with Crippen molar-refractivity contribution >= 4 is 11.7 Å². The van der Waals surface area contributed by atoms with Gasteiger partial charge in [0.2, 0.25) is 5.91 Å². The first kappa shape index (κ1) is 20.3. The first-order valence-electron chi connectivity index (χ1n) is 9.83. The quantitative estimate of drug-likeness (QED) is 0.442. The lowest BCUT2D eigenvalue weighted by Gasteiger charge is -2.12. The molecule has 6 heteroatoms. The molecule has 6 nitrogen and oxygen atoms in total. The second kappa shape index (κ2) is 9.19. The van der Waals surface area contributed by atoms with E-state index < -0.39 is 0 Å². The zero-order chi connectivity index (χ0) is 21.6. The Bertz CT molecular complexity index is 1180. The summed E-state index contributed by atoms with van der Waals surface area (Å²) < 4.78 is 0. The highest BCUT2D eigenvalue weighted by Crippen LogP contribution is 2.29. The maximum atomic E-state index is 12.6. The fourth-order valence-corrected chi connectivity index (χ4v) is 3.18.